The zero-order chi connectivity index (χ0) is 26.5. The Morgan fingerprint density at radius 2 is 1.78 bits per heavy atom. The minimum absolute atomic E-state index is 0.151. The lowest BCUT2D eigenvalue weighted by molar-refractivity contribution is -0.147. The number of hydrogen-bond donors (Lipinski definition) is 4. The molecule has 0 fully saturated rings. The molecule has 0 aliphatic rings. The lowest BCUT2D eigenvalue weighted by atomic mass is 9.97. The van der Waals surface area contributed by atoms with Gasteiger partial charge in [0.15, 0.2) is 6.10 Å². The number of rotatable bonds is 9. The fourth-order valence-corrected chi connectivity index (χ4v) is 3.98. The summed E-state index contributed by atoms with van der Waals surface area (Å²) in [6, 6.07) is 18.7. The summed E-state index contributed by atoms with van der Waals surface area (Å²) in [7, 11) is 0. The Bertz CT molecular complexity index is 1470. The van der Waals surface area contributed by atoms with Crippen molar-refractivity contribution in [3.63, 3.8) is 0 Å². The van der Waals surface area contributed by atoms with Gasteiger partial charge in [0.25, 0.3) is 5.91 Å². The molecular formula is C26H22ClFN4O5. The first kappa shape index (κ1) is 25.8. The van der Waals surface area contributed by atoms with Crippen molar-refractivity contribution in [1.82, 2.24) is 20.1 Å². The molecule has 2 atom stereocenters. The molecule has 1 aromatic heterocycles. The van der Waals surface area contributed by atoms with E-state index in [9.17, 15) is 23.9 Å². The Morgan fingerprint density at radius 3 is 2.46 bits per heavy atom. The molecule has 3 aromatic carbocycles. The van der Waals surface area contributed by atoms with Crippen molar-refractivity contribution in [3.8, 4) is 16.8 Å². The van der Waals surface area contributed by atoms with Crippen LogP contribution in [0.25, 0.3) is 16.8 Å². The van der Waals surface area contributed by atoms with Gasteiger partial charge in [-0.25, -0.2) is 14.0 Å². The number of nitrogens with one attached hydrogen (secondary N) is 2. The number of hydrogen-bond acceptors (Lipinski definition) is 5. The van der Waals surface area contributed by atoms with Crippen LogP contribution in [0.5, 0.6) is 0 Å². The van der Waals surface area contributed by atoms with Gasteiger partial charge in [0.2, 0.25) is 5.82 Å². The number of nitrogens with zero attached hydrogens (tertiary/aromatic N) is 2. The average molecular weight is 525 g/mol. The molecule has 0 bridgehead atoms. The Labute approximate surface area is 215 Å². The summed E-state index contributed by atoms with van der Waals surface area (Å²) in [4.78, 5) is 38.8. The van der Waals surface area contributed by atoms with Gasteiger partial charge < -0.3 is 15.5 Å². The first-order valence-corrected chi connectivity index (χ1v) is 11.6. The van der Waals surface area contributed by atoms with E-state index in [1.165, 1.54) is 18.2 Å². The van der Waals surface area contributed by atoms with Crippen LogP contribution in [0, 0.1) is 5.82 Å². The molecular weight excluding hydrogens is 503 g/mol. The number of amides is 1. The molecule has 1 amide bonds. The van der Waals surface area contributed by atoms with Crippen molar-refractivity contribution in [2.45, 2.75) is 25.0 Å². The summed E-state index contributed by atoms with van der Waals surface area (Å²) in [5.74, 6) is -2.88. The van der Waals surface area contributed by atoms with Gasteiger partial charge in [0.1, 0.15) is 5.82 Å². The number of carbonyl (C=O) groups excluding carboxylic acids is 1. The highest BCUT2D eigenvalue weighted by Crippen LogP contribution is 2.26. The highest BCUT2D eigenvalue weighted by atomic mass is 35.5. The van der Waals surface area contributed by atoms with Gasteiger partial charge in [0.05, 0.1) is 5.69 Å². The lowest BCUT2D eigenvalue weighted by Crippen LogP contribution is -2.41. The van der Waals surface area contributed by atoms with Gasteiger partial charge in [-0.05, 0) is 47.9 Å². The third kappa shape index (κ3) is 6.29. The van der Waals surface area contributed by atoms with Crippen molar-refractivity contribution in [1.29, 1.82) is 0 Å². The number of carbonyl (C=O) groups is 2. The third-order valence-electron chi connectivity index (χ3n) is 5.64. The quantitative estimate of drug-likeness (QED) is 0.265. The smallest absolute Gasteiger partial charge is 0.348 e. The van der Waals surface area contributed by atoms with E-state index in [1.54, 1.807) is 54.6 Å². The van der Waals surface area contributed by atoms with Crippen molar-refractivity contribution in [2.75, 3.05) is 0 Å². The summed E-state index contributed by atoms with van der Waals surface area (Å²) in [6.07, 6.45) is -1.88. The SMILES string of the molecule is O=C(N[C@H](Cc1ccc(-c2cc(Cl)ccc2F)cc1)C[C@@H](O)C(=O)O)c1nn(-c2ccccc2)c(=O)[nH]1. The Morgan fingerprint density at radius 1 is 1.08 bits per heavy atom. The van der Waals surface area contributed by atoms with Crippen molar-refractivity contribution in [2.24, 2.45) is 0 Å². The molecule has 0 radical (unpaired) electrons. The highest BCUT2D eigenvalue weighted by molar-refractivity contribution is 6.30. The van der Waals surface area contributed by atoms with Crippen LogP contribution in [0.15, 0.2) is 77.6 Å². The largest absolute Gasteiger partial charge is 0.479 e. The second kappa shape index (κ2) is 11.2. The van der Waals surface area contributed by atoms with Crippen LogP contribution < -0.4 is 11.0 Å². The van der Waals surface area contributed by atoms with E-state index in [4.69, 9.17) is 16.7 Å². The van der Waals surface area contributed by atoms with Crippen LogP contribution in [-0.2, 0) is 11.2 Å². The topological polar surface area (TPSA) is 137 Å². The number of aliphatic hydroxyl groups excluding tert-OH is 1. The zero-order valence-electron chi connectivity index (χ0n) is 19.3. The number of H-pyrrole nitrogens is 1. The van der Waals surface area contributed by atoms with Gasteiger partial charge in [-0.3, -0.25) is 9.78 Å². The molecule has 0 unspecified atom stereocenters. The molecule has 37 heavy (non-hydrogen) atoms. The van der Waals surface area contributed by atoms with E-state index in [0.29, 0.717) is 27.4 Å². The molecule has 0 saturated carbocycles. The van der Waals surface area contributed by atoms with Gasteiger partial charge in [-0.15, -0.1) is 5.10 Å². The number of para-hydroxylation sites is 1. The Hall–Kier alpha value is -4.28. The van der Waals surface area contributed by atoms with E-state index >= 15 is 0 Å². The van der Waals surface area contributed by atoms with Crippen LogP contribution in [0.4, 0.5) is 4.39 Å². The molecule has 9 nitrogen and oxygen atoms in total. The molecule has 1 heterocycles. The highest BCUT2D eigenvalue weighted by Gasteiger charge is 2.24. The number of halogens is 2. The fraction of sp³-hybridized carbons (Fsp3) is 0.154. The maximum atomic E-state index is 14.2. The van der Waals surface area contributed by atoms with E-state index in [2.05, 4.69) is 15.4 Å². The van der Waals surface area contributed by atoms with E-state index in [0.717, 1.165) is 4.68 Å². The number of benzene rings is 3. The predicted octanol–water partition coefficient (Wildman–Crippen LogP) is 3.20. The van der Waals surface area contributed by atoms with Crippen molar-refractivity contribution < 1.29 is 24.2 Å². The van der Waals surface area contributed by atoms with Crippen LogP contribution >= 0.6 is 11.6 Å². The molecule has 190 valence electrons. The van der Waals surface area contributed by atoms with E-state index in [1.807, 2.05) is 0 Å². The summed E-state index contributed by atoms with van der Waals surface area (Å²) < 4.78 is 15.2. The van der Waals surface area contributed by atoms with Gasteiger partial charge >= 0.3 is 11.7 Å². The molecule has 0 saturated heterocycles. The Balaban J connectivity index is 1.53. The molecule has 0 aliphatic carbocycles. The minimum atomic E-state index is -1.73. The van der Waals surface area contributed by atoms with E-state index < -0.39 is 35.5 Å². The molecule has 0 aliphatic heterocycles. The fourth-order valence-electron chi connectivity index (χ4n) is 3.81. The van der Waals surface area contributed by atoms with Crippen LogP contribution in [-0.4, -0.2) is 49.0 Å². The normalized spacial score (nSPS) is 12.6. The number of aromatic nitrogens is 3. The monoisotopic (exact) mass is 524 g/mol. The zero-order valence-corrected chi connectivity index (χ0v) is 20.0. The van der Waals surface area contributed by atoms with Gasteiger partial charge in [0, 0.05) is 23.0 Å². The number of aromatic amines is 1. The standard InChI is InChI=1S/C26H22ClFN4O5/c27-17-10-11-21(28)20(13-17)16-8-6-15(7-9-16)12-18(14-22(33)25(35)36)29-24(34)23-30-26(37)32(31-23)19-4-2-1-3-5-19/h1-11,13,18,22,33H,12,14H2,(H,29,34)(H,35,36)(H,30,31,37)/t18-,22-/m1/s1. The van der Waals surface area contributed by atoms with Crippen LogP contribution in [0.3, 0.4) is 0 Å². The maximum absolute atomic E-state index is 14.2. The molecule has 4 N–H and O–H groups in total. The predicted molar refractivity (Wildman–Crippen MR) is 134 cm³/mol. The van der Waals surface area contributed by atoms with Gasteiger partial charge in [-0.1, -0.05) is 54.1 Å². The second-order valence-electron chi connectivity index (χ2n) is 8.31. The number of carboxylic acids is 1. The summed E-state index contributed by atoms with van der Waals surface area (Å²) >= 11 is 5.98. The van der Waals surface area contributed by atoms with Crippen molar-refractivity contribution >= 4 is 23.5 Å². The number of aliphatic hydroxyl groups is 1. The third-order valence-corrected chi connectivity index (χ3v) is 5.87. The first-order chi connectivity index (χ1) is 17.7. The van der Waals surface area contributed by atoms with Gasteiger partial charge in [-0.2, -0.15) is 4.68 Å². The average Bonchev–Trinajstić information content (AvgIpc) is 3.28. The summed E-state index contributed by atoms with van der Waals surface area (Å²) in [5, 5.41) is 26.1. The number of aliphatic carboxylic acids is 1. The minimum Gasteiger partial charge on any atom is -0.479 e. The first-order valence-electron chi connectivity index (χ1n) is 11.2. The summed E-state index contributed by atoms with van der Waals surface area (Å²) in [6.45, 7) is 0. The van der Waals surface area contributed by atoms with Crippen LogP contribution in [0.1, 0.15) is 22.6 Å². The summed E-state index contributed by atoms with van der Waals surface area (Å²) in [5.41, 5.74) is 1.43. The second-order valence-corrected chi connectivity index (χ2v) is 8.75. The molecule has 4 aromatic rings. The molecule has 4 rings (SSSR count). The Kier molecular flexibility index (Phi) is 7.80. The van der Waals surface area contributed by atoms with Crippen molar-refractivity contribution in [3.05, 3.63) is 106 Å². The maximum Gasteiger partial charge on any atom is 0.348 e. The lowest BCUT2D eigenvalue weighted by Gasteiger charge is -2.20. The van der Waals surface area contributed by atoms with E-state index in [-0.39, 0.29) is 18.7 Å². The molecule has 11 heteroatoms. The molecule has 0 spiro atoms. The number of carboxylic acid groups (broad SMARTS) is 1. The van der Waals surface area contributed by atoms with Crippen LogP contribution in [0.2, 0.25) is 5.02 Å².